The van der Waals surface area contributed by atoms with E-state index in [0.717, 1.165) is 4.57 Å². The number of rotatable bonds is 4. The number of aromatic nitrogens is 2. The van der Waals surface area contributed by atoms with E-state index in [2.05, 4.69) is 4.98 Å². The zero-order valence-electron chi connectivity index (χ0n) is 12.1. The van der Waals surface area contributed by atoms with E-state index in [1.165, 1.54) is 6.20 Å². The van der Waals surface area contributed by atoms with E-state index in [1.807, 2.05) is 0 Å². The number of aromatic amines is 1. The first kappa shape index (κ1) is 15.5. The highest BCUT2D eigenvalue weighted by molar-refractivity contribution is 5.27. The van der Waals surface area contributed by atoms with Crippen LogP contribution < -0.4 is 16.0 Å². The molecular weight excluding hydrogens is 304 g/mol. The van der Waals surface area contributed by atoms with Gasteiger partial charge in [-0.05, 0) is 12.1 Å². The molecule has 0 spiro atoms. The first-order valence-corrected chi connectivity index (χ1v) is 7.11. The minimum absolute atomic E-state index is 0.0682. The van der Waals surface area contributed by atoms with Gasteiger partial charge < -0.3 is 19.7 Å². The molecule has 0 saturated carbocycles. The molecule has 23 heavy (non-hydrogen) atoms. The standard InChI is InChI=1S/C15H16N2O6/c18-8-12-10(19)6-13(23-12)17-7-11(14(20)16-15(17)21)22-9-4-2-1-3-5-9/h1-5,7,10,12-13,18-19H,6,8H2,(H,16,20,21)/t10-,12+,13+/m1/s1. The second kappa shape index (κ2) is 6.37. The van der Waals surface area contributed by atoms with E-state index < -0.39 is 29.7 Å². The Hall–Kier alpha value is -2.42. The van der Waals surface area contributed by atoms with Crippen LogP contribution in [0.25, 0.3) is 0 Å². The van der Waals surface area contributed by atoms with Crippen molar-refractivity contribution in [1.29, 1.82) is 0 Å². The summed E-state index contributed by atoms with van der Waals surface area (Å²) in [6.45, 7) is -0.358. The van der Waals surface area contributed by atoms with Gasteiger partial charge in [-0.2, -0.15) is 0 Å². The summed E-state index contributed by atoms with van der Waals surface area (Å²) in [5.41, 5.74) is -1.33. The van der Waals surface area contributed by atoms with Gasteiger partial charge in [0.25, 0.3) is 5.56 Å². The Labute approximate surface area is 130 Å². The fraction of sp³-hybridized carbons (Fsp3) is 0.333. The molecule has 2 heterocycles. The molecule has 0 unspecified atom stereocenters. The van der Waals surface area contributed by atoms with Crippen molar-refractivity contribution in [3.05, 3.63) is 57.4 Å². The summed E-state index contributed by atoms with van der Waals surface area (Å²) >= 11 is 0. The predicted molar refractivity (Wildman–Crippen MR) is 79.5 cm³/mol. The summed E-state index contributed by atoms with van der Waals surface area (Å²) in [6, 6.07) is 8.66. The van der Waals surface area contributed by atoms with Gasteiger partial charge in [0.1, 0.15) is 18.1 Å². The number of aliphatic hydroxyl groups is 2. The van der Waals surface area contributed by atoms with E-state index in [-0.39, 0.29) is 18.8 Å². The molecule has 0 bridgehead atoms. The van der Waals surface area contributed by atoms with Gasteiger partial charge in [-0.15, -0.1) is 0 Å². The summed E-state index contributed by atoms with van der Waals surface area (Å²) in [7, 11) is 0. The molecule has 1 aliphatic rings. The maximum Gasteiger partial charge on any atom is 0.330 e. The predicted octanol–water partition coefficient (Wildman–Crippen LogP) is -0.0304. The fourth-order valence-electron chi connectivity index (χ4n) is 2.42. The van der Waals surface area contributed by atoms with Crippen molar-refractivity contribution >= 4 is 0 Å². The average Bonchev–Trinajstić information content (AvgIpc) is 2.91. The number of nitrogens with one attached hydrogen (secondary N) is 1. The molecule has 3 N–H and O–H groups in total. The van der Waals surface area contributed by atoms with Crippen LogP contribution in [0.4, 0.5) is 0 Å². The molecule has 3 atom stereocenters. The quantitative estimate of drug-likeness (QED) is 0.729. The van der Waals surface area contributed by atoms with E-state index in [4.69, 9.17) is 14.6 Å². The molecule has 1 aliphatic heterocycles. The van der Waals surface area contributed by atoms with Crippen LogP contribution in [-0.4, -0.2) is 38.6 Å². The topological polar surface area (TPSA) is 114 Å². The average molecular weight is 320 g/mol. The van der Waals surface area contributed by atoms with Crippen LogP contribution in [0.2, 0.25) is 0 Å². The van der Waals surface area contributed by atoms with Crippen molar-refractivity contribution in [1.82, 2.24) is 9.55 Å². The Balaban J connectivity index is 1.92. The third-order valence-electron chi connectivity index (χ3n) is 3.60. The molecule has 1 aromatic carbocycles. The van der Waals surface area contributed by atoms with Crippen molar-refractivity contribution in [2.75, 3.05) is 6.61 Å². The number of hydrogen-bond donors (Lipinski definition) is 3. The molecule has 1 fully saturated rings. The molecule has 0 radical (unpaired) electrons. The number of benzene rings is 1. The Kier molecular flexibility index (Phi) is 4.28. The van der Waals surface area contributed by atoms with Crippen LogP contribution in [0.1, 0.15) is 12.6 Å². The highest BCUT2D eigenvalue weighted by Gasteiger charge is 2.35. The van der Waals surface area contributed by atoms with E-state index >= 15 is 0 Å². The molecule has 0 amide bonds. The summed E-state index contributed by atoms with van der Waals surface area (Å²) < 4.78 is 12.0. The number of ether oxygens (including phenoxy) is 2. The second-order valence-corrected chi connectivity index (χ2v) is 5.19. The lowest BCUT2D eigenvalue weighted by molar-refractivity contribution is -0.0460. The van der Waals surface area contributed by atoms with Crippen LogP contribution in [0, 0.1) is 0 Å². The lowest BCUT2D eigenvalue weighted by Crippen LogP contribution is -2.32. The summed E-state index contributed by atoms with van der Waals surface area (Å²) in [5.74, 6) is 0.380. The number of aliphatic hydroxyl groups excluding tert-OH is 2. The number of hydrogen-bond acceptors (Lipinski definition) is 6. The third kappa shape index (κ3) is 3.19. The highest BCUT2D eigenvalue weighted by atomic mass is 16.5. The second-order valence-electron chi connectivity index (χ2n) is 5.19. The van der Waals surface area contributed by atoms with Gasteiger partial charge in [0, 0.05) is 6.42 Å². The highest BCUT2D eigenvalue weighted by Crippen LogP contribution is 2.28. The number of nitrogens with zero attached hydrogens (tertiary/aromatic N) is 1. The van der Waals surface area contributed by atoms with Gasteiger partial charge in [0.15, 0.2) is 0 Å². The van der Waals surface area contributed by atoms with Crippen LogP contribution in [0.5, 0.6) is 11.5 Å². The summed E-state index contributed by atoms with van der Waals surface area (Å²) in [6.07, 6.45) is -1.07. The fourth-order valence-corrected chi connectivity index (χ4v) is 2.42. The Morgan fingerprint density at radius 2 is 2.04 bits per heavy atom. The maximum absolute atomic E-state index is 12.0. The minimum atomic E-state index is -0.887. The van der Waals surface area contributed by atoms with Crippen LogP contribution >= 0.6 is 0 Å². The molecular formula is C15H16N2O6. The van der Waals surface area contributed by atoms with E-state index in [9.17, 15) is 14.7 Å². The molecule has 2 aromatic rings. The molecule has 1 aromatic heterocycles. The van der Waals surface area contributed by atoms with Crippen molar-refractivity contribution in [2.24, 2.45) is 0 Å². The van der Waals surface area contributed by atoms with Gasteiger partial charge in [-0.25, -0.2) is 4.79 Å². The van der Waals surface area contributed by atoms with Crippen molar-refractivity contribution in [3.63, 3.8) is 0 Å². The Morgan fingerprint density at radius 1 is 1.30 bits per heavy atom. The van der Waals surface area contributed by atoms with E-state index in [1.54, 1.807) is 30.3 Å². The first-order chi connectivity index (χ1) is 11.1. The number of para-hydroxylation sites is 1. The smallest absolute Gasteiger partial charge is 0.330 e. The molecule has 3 rings (SSSR count). The monoisotopic (exact) mass is 320 g/mol. The summed E-state index contributed by atoms with van der Waals surface area (Å²) in [5, 5.41) is 18.9. The lowest BCUT2D eigenvalue weighted by Gasteiger charge is -2.15. The van der Waals surface area contributed by atoms with Crippen LogP contribution in [0.3, 0.4) is 0 Å². The minimum Gasteiger partial charge on any atom is -0.450 e. The Bertz CT molecular complexity index is 785. The van der Waals surface area contributed by atoms with Crippen molar-refractivity contribution < 1.29 is 19.7 Å². The lowest BCUT2D eigenvalue weighted by atomic mass is 10.2. The van der Waals surface area contributed by atoms with Gasteiger partial charge in [-0.3, -0.25) is 14.3 Å². The van der Waals surface area contributed by atoms with Crippen LogP contribution in [0.15, 0.2) is 46.1 Å². The Morgan fingerprint density at radius 3 is 2.70 bits per heavy atom. The van der Waals surface area contributed by atoms with Gasteiger partial charge in [0.05, 0.1) is 18.9 Å². The van der Waals surface area contributed by atoms with Gasteiger partial charge in [0.2, 0.25) is 5.75 Å². The van der Waals surface area contributed by atoms with E-state index in [0.29, 0.717) is 5.75 Å². The molecule has 0 aliphatic carbocycles. The number of H-pyrrole nitrogens is 1. The molecule has 122 valence electrons. The SMILES string of the molecule is O=c1[nH]c(=O)n([C@@H]2C[C@@H](O)[C@H](CO)O2)cc1Oc1ccccc1. The van der Waals surface area contributed by atoms with Gasteiger partial charge in [-0.1, -0.05) is 18.2 Å². The van der Waals surface area contributed by atoms with Gasteiger partial charge >= 0.3 is 5.69 Å². The molecule has 8 heteroatoms. The zero-order chi connectivity index (χ0) is 16.4. The third-order valence-corrected chi connectivity index (χ3v) is 3.60. The normalized spacial score (nSPS) is 23.8. The van der Waals surface area contributed by atoms with Crippen LogP contribution in [-0.2, 0) is 4.74 Å². The zero-order valence-corrected chi connectivity index (χ0v) is 12.1. The molecule has 8 nitrogen and oxygen atoms in total. The largest absolute Gasteiger partial charge is 0.450 e. The van der Waals surface area contributed by atoms with Crippen molar-refractivity contribution in [2.45, 2.75) is 24.9 Å². The molecule has 1 saturated heterocycles. The summed E-state index contributed by atoms with van der Waals surface area (Å²) in [4.78, 5) is 26.0. The maximum atomic E-state index is 12.0. The van der Waals surface area contributed by atoms with Crippen molar-refractivity contribution in [3.8, 4) is 11.5 Å². The first-order valence-electron chi connectivity index (χ1n) is 7.11.